The van der Waals surface area contributed by atoms with Gasteiger partial charge in [-0.05, 0) is 31.2 Å². The van der Waals surface area contributed by atoms with E-state index in [0.29, 0.717) is 19.1 Å². The molecule has 0 aliphatic heterocycles. The van der Waals surface area contributed by atoms with E-state index >= 15 is 0 Å². The van der Waals surface area contributed by atoms with Crippen LogP contribution in [0.2, 0.25) is 0 Å². The van der Waals surface area contributed by atoms with Crippen molar-refractivity contribution in [3.8, 4) is 0 Å². The maximum Gasteiger partial charge on any atom is 0.172 e. The molecule has 0 saturated heterocycles. The number of carbonyl (C=O) groups is 1. The Morgan fingerprint density at radius 1 is 1.60 bits per heavy atom. The van der Waals surface area contributed by atoms with Crippen molar-refractivity contribution in [3.05, 3.63) is 22.4 Å². The standard InChI is InChI=1S/C12H18O2S/c1-3-10(2)14-8-4-6-11(13)12-7-5-9-15-12/h5,7,9-10H,3-4,6,8H2,1-2H3. The first kappa shape index (κ1) is 12.4. The normalized spacial score (nSPS) is 12.7. The lowest BCUT2D eigenvalue weighted by Crippen LogP contribution is -2.08. The Morgan fingerprint density at radius 2 is 2.40 bits per heavy atom. The molecule has 0 bridgehead atoms. The van der Waals surface area contributed by atoms with E-state index < -0.39 is 0 Å². The van der Waals surface area contributed by atoms with Crippen LogP contribution in [0.5, 0.6) is 0 Å². The molecule has 1 aromatic heterocycles. The Labute approximate surface area is 95.3 Å². The van der Waals surface area contributed by atoms with Crippen molar-refractivity contribution in [2.45, 2.75) is 39.2 Å². The van der Waals surface area contributed by atoms with E-state index in [4.69, 9.17) is 4.74 Å². The minimum Gasteiger partial charge on any atom is -0.379 e. The fraction of sp³-hybridized carbons (Fsp3) is 0.583. The van der Waals surface area contributed by atoms with Crippen molar-refractivity contribution in [1.82, 2.24) is 0 Å². The first-order valence-electron chi connectivity index (χ1n) is 5.42. The van der Waals surface area contributed by atoms with Crippen LogP contribution in [0, 0.1) is 0 Å². The second-order valence-electron chi connectivity index (χ2n) is 3.59. The van der Waals surface area contributed by atoms with Crippen LogP contribution in [0.4, 0.5) is 0 Å². The molecule has 0 spiro atoms. The Kier molecular flexibility index (Phi) is 5.58. The van der Waals surface area contributed by atoms with Crippen LogP contribution in [-0.2, 0) is 4.74 Å². The zero-order valence-corrected chi connectivity index (χ0v) is 10.2. The van der Waals surface area contributed by atoms with Gasteiger partial charge in [0.25, 0.3) is 0 Å². The van der Waals surface area contributed by atoms with Crippen LogP contribution in [0.15, 0.2) is 17.5 Å². The molecule has 1 aromatic rings. The molecule has 0 aliphatic carbocycles. The summed E-state index contributed by atoms with van der Waals surface area (Å²) in [6, 6.07) is 3.79. The number of rotatable bonds is 7. The van der Waals surface area contributed by atoms with Crippen molar-refractivity contribution < 1.29 is 9.53 Å². The lowest BCUT2D eigenvalue weighted by atomic mass is 10.2. The summed E-state index contributed by atoms with van der Waals surface area (Å²) in [5, 5.41) is 1.93. The Bertz CT molecular complexity index is 280. The van der Waals surface area contributed by atoms with E-state index in [1.54, 1.807) is 0 Å². The second-order valence-corrected chi connectivity index (χ2v) is 4.54. The molecule has 0 aliphatic rings. The second kappa shape index (κ2) is 6.75. The largest absolute Gasteiger partial charge is 0.379 e. The molecule has 0 fully saturated rings. The molecule has 0 aromatic carbocycles. The highest BCUT2D eigenvalue weighted by atomic mass is 32.1. The number of carbonyl (C=O) groups excluding carboxylic acids is 1. The SMILES string of the molecule is CCC(C)OCCCC(=O)c1cccs1. The monoisotopic (exact) mass is 226 g/mol. The van der Waals surface area contributed by atoms with E-state index in [9.17, 15) is 4.79 Å². The van der Waals surface area contributed by atoms with Gasteiger partial charge in [-0.2, -0.15) is 0 Å². The van der Waals surface area contributed by atoms with Crippen LogP contribution in [0.25, 0.3) is 0 Å². The van der Waals surface area contributed by atoms with Crippen molar-refractivity contribution in [2.24, 2.45) is 0 Å². The average molecular weight is 226 g/mol. The van der Waals surface area contributed by atoms with Crippen LogP contribution in [0.3, 0.4) is 0 Å². The molecule has 0 saturated carbocycles. The number of ketones is 1. The number of hydrogen-bond acceptors (Lipinski definition) is 3. The predicted octanol–water partition coefficient (Wildman–Crippen LogP) is 3.53. The molecule has 0 N–H and O–H groups in total. The molecule has 1 rings (SSSR count). The third-order valence-corrected chi connectivity index (χ3v) is 3.23. The van der Waals surface area contributed by atoms with Crippen LogP contribution in [0.1, 0.15) is 42.8 Å². The highest BCUT2D eigenvalue weighted by Gasteiger charge is 2.06. The van der Waals surface area contributed by atoms with Crippen molar-refractivity contribution in [3.63, 3.8) is 0 Å². The molecular formula is C12H18O2S. The molecule has 1 unspecified atom stereocenters. The average Bonchev–Trinajstić information content (AvgIpc) is 2.77. The van der Waals surface area contributed by atoms with Crippen LogP contribution >= 0.6 is 11.3 Å². The lowest BCUT2D eigenvalue weighted by Gasteiger charge is -2.09. The maximum atomic E-state index is 11.6. The molecule has 2 nitrogen and oxygen atoms in total. The third-order valence-electron chi connectivity index (χ3n) is 2.32. The lowest BCUT2D eigenvalue weighted by molar-refractivity contribution is 0.0593. The van der Waals surface area contributed by atoms with Crippen molar-refractivity contribution in [2.75, 3.05) is 6.61 Å². The Balaban J connectivity index is 2.13. The zero-order chi connectivity index (χ0) is 11.1. The van der Waals surface area contributed by atoms with Gasteiger partial charge in [-0.25, -0.2) is 0 Å². The molecule has 1 heterocycles. The van der Waals surface area contributed by atoms with Gasteiger partial charge in [-0.15, -0.1) is 11.3 Å². The summed E-state index contributed by atoms with van der Waals surface area (Å²) >= 11 is 1.51. The highest BCUT2D eigenvalue weighted by molar-refractivity contribution is 7.12. The Morgan fingerprint density at radius 3 is 3.00 bits per heavy atom. The third kappa shape index (κ3) is 4.58. The summed E-state index contributed by atoms with van der Waals surface area (Å²) in [4.78, 5) is 12.4. The number of hydrogen-bond donors (Lipinski definition) is 0. The van der Waals surface area contributed by atoms with Crippen molar-refractivity contribution >= 4 is 17.1 Å². The van der Waals surface area contributed by atoms with E-state index in [0.717, 1.165) is 17.7 Å². The molecule has 0 amide bonds. The fourth-order valence-electron chi connectivity index (χ4n) is 1.20. The summed E-state index contributed by atoms with van der Waals surface area (Å²) in [6.07, 6.45) is 2.75. The molecule has 1 atom stereocenters. The Hall–Kier alpha value is -0.670. The summed E-state index contributed by atoms with van der Waals surface area (Å²) in [7, 11) is 0. The minimum absolute atomic E-state index is 0.234. The van der Waals surface area contributed by atoms with E-state index in [-0.39, 0.29) is 5.78 Å². The molecular weight excluding hydrogens is 208 g/mol. The van der Waals surface area contributed by atoms with Crippen LogP contribution in [-0.4, -0.2) is 18.5 Å². The van der Waals surface area contributed by atoms with Gasteiger partial charge in [0.1, 0.15) is 0 Å². The topological polar surface area (TPSA) is 26.3 Å². The highest BCUT2D eigenvalue weighted by Crippen LogP contribution is 2.12. The summed E-state index contributed by atoms with van der Waals surface area (Å²) < 4.78 is 5.51. The number of thiophene rings is 1. The van der Waals surface area contributed by atoms with Gasteiger partial charge >= 0.3 is 0 Å². The first-order chi connectivity index (χ1) is 7.24. The predicted molar refractivity (Wildman–Crippen MR) is 63.6 cm³/mol. The van der Waals surface area contributed by atoms with Gasteiger partial charge in [0.05, 0.1) is 11.0 Å². The van der Waals surface area contributed by atoms with Gasteiger partial charge in [0.2, 0.25) is 0 Å². The smallest absolute Gasteiger partial charge is 0.172 e. The van der Waals surface area contributed by atoms with E-state index in [2.05, 4.69) is 13.8 Å². The summed E-state index contributed by atoms with van der Waals surface area (Å²) in [6.45, 7) is 4.84. The number of ether oxygens (including phenoxy) is 1. The molecule has 84 valence electrons. The number of Topliss-reactive ketones (excluding diaryl/α,β-unsaturated/α-hetero) is 1. The summed E-state index contributed by atoms with van der Waals surface area (Å²) in [5.41, 5.74) is 0. The van der Waals surface area contributed by atoms with E-state index in [1.165, 1.54) is 11.3 Å². The van der Waals surface area contributed by atoms with Crippen molar-refractivity contribution in [1.29, 1.82) is 0 Å². The van der Waals surface area contributed by atoms with E-state index in [1.807, 2.05) is 17.5 Å². The fourth-order valence-corrected chi connectivity index (χ4v) is 1.89. The first-order valence-corrected chi connectivity index (χ1v) is 6.30. The molecule has 15 heavy (non-hydrogen) atoms. The van der Waals surface area contributed by atoms with Gasteiger partial charge in [-0.1, -0.05) is 13.0 Å². The van der Waals surface area contributed by atoms with Gasteiger partial charge in [-0.3, -0.25) is 4.79 Å². The maximum absolute atomic E-state index is 11.6. The minimum atomic E-state index is 0.234. The molecule has 0 radical (unpaired) electrons. The van der Waals surface area contributed by atoms with Gasteiger partial charge < -0.3 is 4.74 Å². The van der Waals surface area contributed by atoms with Gasteiger partial charge in [0.15, 0.2) is 5.78 Å². The quantitative estimate of drug-likeness (QED) is 0.525. The van der Waals surface area contributed by atoms with Gasteiger partial charge in [0, 0.05) is 13.0 Å². The zero-order valence-electron chi connectivity index (χ0n) is 9.36. The van der Waals surface area contributed by atoms with Crippen LogP contribution < -0.4 is 0 Å². The summed E-state index contributed by atoms with van der Waals surface area (Å²) in [5.74, 6) is 0.234. The molecule has 3 heteroatoms.